The van der Waals surface area contributed by atoms with Crippen molar-refractivity contribution in [3.63, 3.8) is 0 Å². The summed E-state index contributed by atoms with van der Waals surface area (Å²) in [6.07, 6.45) is 2.28. The minimum absolute atomic E-state index is 0.229. The minimum Gasteiger partial charge on any atom is -0.374 e. The summed E-state index contributed by atoms with van der Waals surface area (Å²) >= 11 is 0. The van der Waals surface area contributed by atoms with Crippen molar-refractivity contribution in [2.24, 2.45) is 0 Å². The van der Waals surface area contributed by atoms with E-state index in [0.29, 0.717) is 5.52 Å². The fourth-order valence-electron chi connectivity index (χ4n) is 1.15. The van der Waals surface area contributed by atoms with Gasteiger partial charge in [0.1, 0.15) is 0 Å². The van der Waals surface area contributed by atoms with Gasteiger partial charge in [0.15, 0.2) is 5.75 Å². The van der Waals surface area contributed by atoms with Gasteiger partial charge in [-0.1, -0.05) is 0 Å². The van der Waals surface area contributed by atoms with E-state index in [-0.39, 0.29) is 5.52 Å². The molecule has 0 atom stereocenters. The normalized spacial score (nSPS) is 12.6. The van der Waals surface area contributed by atoms with Crippen molar-refractivity contribution in [2.75, 3.05) is 0 Å². The van der Waals surface area contributed by atoms with Crippen molar-refractivity contribution >= 4 is 21.2 Å². The van der Waals surface area contributed by atoms with Gasteiger partial charge in [0.25, 0.3) is 0 Å². The standard InChI is InChI=1S/C9H5F3N2O3S/c10-9(11,12)18(15,16)17-6-4-8-7(14-5-6)2-1-3-13-8/h1-5H. The lowest BCUT2D eigenvalue weighted by molar-refractivity contribution is -0.0500. The highest BCUT2D eigenvalue weighted by Gasteiger charge is 2.48. The third kappa shape index (κ3) is 2.35. The van der Waals surface area contributed by atoms with Crippen LogP contribution in [0.15, 0.2) is 30.6 Å². The topological polar surface area (TPSA) is 69.2 Å². The van der Waals surface area contributed by atoms with E-state index in [2.05, 4.69) is 14.2 Å². The van der Waals surface area contributed by atoms with Gasteiger partial charge in [0, 0.05) is 12.3 Å². The molecule has 0 spiro atoms. The molecule has 0 radical (unpaired) electrons. The molecule has 2 heterocycles. The Labute approximate surface area is 99.4 Å². The van der Waals surface area contributed by atoms with Crippen molar-refractivity contribution < 1.29 is 25.8 Å². The average molecular weight is 278 g/mol. The number of alkyl halides is 3. The van der Waals surface area contributed by atoms with E-state index >= 15 is 0 Å². The summed E-state index contributed by atoms with van der Waals surface area (Å²) in [5, 5.41) is 0. The molecule has 0 saturated heterocycles. The third-order valence-corrected chi connectivity index (χ3v) is 2.89. The maximum Gasteiger partial charge on any atom is 0.534 e. The van der Waals surface area contributed by atoms with Crippen molar-refractivity contribution in [2.45, 2.75) is 5.51 Å². The van der Waals surface area contributed by atoms with Crippen molar-refractivity contribution in [1.29, 1.82) is 0 Å². The molecule has 96 valence electrons. The Morgan fingerprint density at radius 1 is 1.17 bits per heavy atom. The summed E-state index contributed by atoms with van der Waals surface area (Å²) in [6, 6.07) is 4.22. The van der Waals surface area contributed by atoms with Gasteiger partial charge < -0.3 is 4.18 Å². The maximum atomic E-state index is 12.1. The minimum atomic E-state index is -5.69. The maximum absolute atomic E-state index is 12.1. The highest BCUT2D eigenvalue weighted by Crippen LogP contribution is 2.27. The van der Waals surface area contributed by atoms with Crippen LogP contribution >= 0.6 is 0 Å². The van der Waals surface area contributed by atoms with E-state index in [1.54, 1.807) is 12.1 Å². The van der Waals surface area contributed by atoms with Gasteiger partial charge in [-0.2, -0.15) is 21.6 Å². The summed E-state index contributed by atoms with van der Waals surface area (Å²) < 4.78 is 61.7. The van der Waals surface area contributed by atoms with Crippen LogP contribution in [0.1, 0.15) is 0 Å². The molecule has 5 nitrogen and oxygen atoms in total. The van der Waals surface area contributed by atoms with Crippen molar-refractivity contribution in [1.82, 2.24) is 9.97 Å². The van der Waals surface area contributed by atoms with Gasteiger partial charge in [-0.3, -0.25) is 9.97 Å². The van der Waals surface area contributed by atoms with Gasteiger partial charge >= 0.3 is 15.6 Å². The Morgan fingerprint density at radius 2 is 1.89 bits per heavy atom. The zero-order valence-corrected chi connectivity index (χ0v) is 9.36. The molecule has 0 fully saturated rings. The molecule has 0 N–H and O–H groups in total. The van der Waals surface area contributed by atoms with Crippen LogP contribution in [0.3, 0.4) is 0 Å². The lowest BCUT2D eigenvalue weighted by Gasteiger charge is -2.09. The van der Waals surface area contributed by atoms with Gasteiger partial charge in [0.2, 0.25) is 0 Å². The van der Waals surface area contributed by atoms with Gasteiger partial charge in [0.05, 0.1) is 17.2 Å². The number of halogens is 3. The predicted octanol–water partition coefficient (Wildman–Crippen LogP) is 1.86. The summed E-state index contributed by atoms with van der Waals surface area (Å²) in [4.78, 5) is 7.54. The van der Waals surface area contributed by atoms with E-state index < -0.39 is 21.4 Å². The molecule has 0 amide bonds. The van der Waals surface area contributed by atoms with Crippen LogP contribution in [0, 0.1) is 0 Å². The first-order valence-corrected chi connectivity index (χ1v) is 5.92. The number of hydrogen-bond acceptors (Lipinski definition) is 5. The van der Waals surface area contributed by atoms with Gasteiger partial charge in [-0.25, -0.2) is 0 Å². The number of fused-ring (bicyclic) bond motifs is 1. The number of rotatable bonds is 2. The van der Waals surface area contributed by atoms with Crippen molar-refractivity contribution in [3.05, 3.63) is 30.6 Å². The molecule has 0 aliphatic heterocycles. The molecular formula is C9H5F3N2O3S. The largest absolute Gasteiger partial charge is 0.534 e. The van der Waals surface area contributed by atoms with Crippen LogP contribution in [-0.2, 0) is 10.1 Å². The summed E-state index contributed by atoms with van der Waals surface area (Å²) in [5.41, 5.74) is -4.84. The molecule has 0 aliphatic rings. The summed E-state index contributed by atoms with van der Waals surface area (Å²) in [7, 11) is -5.69. The monoisotopic (exact) mass is 278 g/mol. The predicted molar refractivity (Wildman–Crippen MR) is 55.1 cm³/mol. The molecule has 0 unspecified atom stereocenters. The Bertz CT molecular complexity index is 685. The molecule has 18 heavy (non-hydrogen) atoms. The summed E-state index contributed by atoms with van der Waals surface area (Å²) in [5.74, 6) is -0.543. The molecule has 0 saturated carbocycles. The highest BCUT2D eigenvalue weighted by molar-refractivity contribution is 7.87. The lowest BCUT2D eigenvalue weighted by Crippen LogP contribution is -2.28. The van der Waals surface area contributed by atoms with Gasteiger partial charge in [-0.15, -0.1) is 0 Å². The summed E-state index contributed by atoms with van der Waals surface area (Å²) in [6.45, 7) is 0. The number of aromatic nitrogens is 2. The van der Waals surface area contributed by atoms with Crippen LogP contribution in [0.5, 0.6) is 5.75 Å². The Hall–Kier alpha value is -1.90. The quantitative estimate of drug-likeness (QED) is 0.619. The SMILES string of the molecule is O=S(=O)(Oc1cnc2cccnc2c1)C(F)(F)F. The fourth-order valence-corrected chi connectivity index (χ4v) is 1.59. The van der Waals surface area contributed by atoms with Crippen LogP contribution in [-0.4, -0.2) is 23.9 Å². The van der Waals surface area contributed by atoms with E-state index in [1.807, 2.05) is 0 Å². The van der Waals surface area contributed by atoms with E-state index in [0.717, 1.165) is 12.3 Å². The molecule has 2 rings (SSSR count). The molecule has 0 bridgehead atoms. The molecule has 0 aromatic carbocycles. The first-order valence-electron chi connectivity index (χ1n) is 4.51. The Balaban J connectivity index is 2.39. The van der Waals surface area contributed by atoms with E-state index in [4.69, 9.17) is 0 Å². The highest BCUT2D eigenvalue weighted by atomic mass is 32.2. The van der Waals surface area contributed by atoms with Crippen LogP contribution in [0.2, 0.25) is 0 Å². The second-order valence-corrected chi connectivity index (χ2v) is 4.73. The number of pyridine rings is 2. The average Bonchev–Trinajstić information content (AvgIpc) is 2.27. The van der Waals surface area contributed by atoms with Crippen LogP contribution in [0.4, 0.5) is 13.2 Å². The zero-order chi connectivity index (χ0) is 13.4. The fraction of sp³-hybridized carbons (Fsp3) is 0.111. The lowest BCUT2D eigenvalue weighted by atomic mass is 10.3. The zero-order valence-electron chi connectivity index (χ0n) is 8.55. The Morgan fingerprint density at radius 3 is 2.56 bits per heavy atom. The smallest absolute Gasteiger partial charge is 0.374 e. The third-order valence-electron chi connectivity index (χ3n) is 1.92. The molecular weight excluding hydrogens is 273 g/mol. The molecule has 9 heteroatoms. The Kier molecular flexibility index (Phi) is 2.85. The first kappa shape index (κ1) is 12.6. The van der Waals surface area contributed by atoms with Crippen molar-refractivity contribution in [3.8, 4) is 5.75 Å². The number of hydrogen-bond donors (Lipinski definition) is 0. The second-order valence-electron chi connectivity index (χ2n) is 3.20. The number of nitrogens with zero attached hydrogens (tertiary/aromatic N) is 2. The molecule has 0 aliphatic carbocycles. The second kappa shape index (κ2) is 4.09. The van der Waals surface area contributed by atoms with Gasteiger partial charge in [-0.05, 0) is 12.1 Å². The molecule has 2 aromatic heterocycles. The molecule has 2 aromatic rings. The van der Waals surface area contributed by atoms with Crippen LogP contribution < -0.4 is 4.18 Å². The van der Waals surface area contributed by atoms with E-state index in [1.165, 1.54) is 6.20 Å². The van der Waals surface area contributed by atoms with E-state index in [9.17, 15) is 21.6 Å². The van der Waals surface area contributed by atoms with Crippen LogP contribution in [0.25, 0.3) is 11.0 Å². The first-order chi connectivity index (χ1) is 8.29.